The van der Waals surface area contributed by atoms with Crippen molar-refractivity contribution in [2.75, 3.05) is 0 Å². The molecule has 0 bridgehead atoms. The van der Waals surface area contributed by atoms with Gasteiger partial charge in [0, 0.05) is 9.13 Å². The number of carboxylic acids is 1. The molecule has 1 amide bonds. The van der Waals surface area contributed by atoms with E-state index in [0.717, 1.165) is 14.7 Å². The van der Waals surface area contributed by atoms with E-state index in [0.29, 0.717) is 12.0 Å². The summed E-state index contributed by atoms with van der Waals surface area (Å²) in [6, 6.07) is 14.4. The molecule has 0 fully saturated rings. The van der Waals surface area contributed by atoms with Gasteiger partial charge in [0.1, 0.15) is 6.04 Å². The zero-order chi connectivity index (χ0) is 17.7. The zero-order valence-electron chi connectivity index (χ0n) is 13.6. The van der Waals surface area contributed by atoms with Gasteiger partial charge in [-0.25, -0.2) is 4.79 Å². The van der Waals surface area contributed by atoms with E-state index in [1.165, 1.54) is 0 Å². The minimum Gasteiger partial charge on any atom is -0.480 e. The Hall–Kier alpha value is -1.89. The molecule has 0 aliphatic rings. The van der Waals surface area contributed by atoms with Crippen LogP contribution in [0.4, 0.5) is 0 Å². The fraction of sp³-hybridized carbons (Fsp3) is 0.263. The normalized spacial score (nSPS) is 12.0. The third-order valence-corrected chi connectivity index (χ3v) is 4.35. The van der Waals surface area contributed by atoms with Gasteiger partial charge in [-0.15, -0.1) is 0 Å². The van der Waals surface area contributed by atoms with Crippen molar-refractivity contribution in [2.45, 2.75) is 26.3 Å². The largest absolute Gasteiger partial charge is 0.480 e. The quantitative estimate of drug-likeness (QED) is 0.667. The van der Waals surface area contributed by atoms with Gasteiger partial charge in [0.05, 0.1) is 0 Å². The molecule has 2 N–H and O–H groups in total. The first-order valence-corrected chi connectivity index (χ1v) is 8.84. The average Bonchev–Trinajstić information content (AvgIpc) is 2.54. The summed E-state index contributed by atoms with van der Waals surface area (Å²) in [5, 5.41) is 11.8. The first kappa shape index (κ1) is 18.4. The van der Waals surface area contributed by atoms with Crippen LogP contribution in [0.15, 0.2) is 48.5 Å². The highest BCUT2D eigenvalue weighted by Gasteiger charge is 2.21. The van der Waals surface area contributed by atoms with Crippen LogP contribution in [-0.2, 0) is 4.79 Å². The van der Waals surface area contributed by atoms with Gasteiger partial charge in [0.25, 0.3) is 5.91 Å². The van der Waals surface area contributed by atoms with Crippen LogP contribution in [0.5, 0.6) is 0 Å². The van der Waals surface area contributed by atoms with Gasteiger partial charge >= 0.3 is 5.97 Å². The number of hydrogen-bond acceptors (Lipinski definition) is 2. The molecule has 0 aliphatic heterocycles. The fourth-order valence-corrected chi connectivity index (χ4v) is 2.75. The Labute approximate surface area is 155 Å². The number of carboxylic acid groups (broad SMARTS) is 1. The van der Waals surface area contributed by atoms with E-state index in [-0.39, 0.29) is 11.8 Å². The van der Waals surface area contributed by atoms with E-state index < -0.39 is 12.0 Å². The smallest absolute Gasteiger partial charge is 0.326 e. The van der Waals surface area contributed by atoms with Gasteiger partial charge < -0.3 is 10.4 Å². The molecule has 0 saturated heterocycles. The van der Waals surface area contributed by atoms with Crippen molar-refractivity contribution in [3.05, 3.63) is 57.7 Å². The molecule has 0 radical (unpaired) electrons. The predicted molar refractivity (Wildman–Crippen MR) is 103 cm³/mol. The molecule has 0 heterocycles. The lowest BCUT2D eigenvalue weighted by Gasteiger charge is -2.16. The van der Waals surface area contributed by atoms with Crippen molar-refractivity contribution in [1.29, 1.82) is 0 Å². The van der Waals surface area contributed by atoms with E-state index in [1.54, 1.807) is 12.1 Å². The summed E-state index contributed by atoms with van der Waals surface area (Å²) in [4.78, 5) is 23.5. The third-order valence-electron chi connectivity index (χ3n) is 3.64. The van der Waals surface area contributed by atoms with Crippen molar-refractivity contribution >= 4 is 34.5 Å². The number of nitrogens with one attached hydrogen (secondary N) is 1. The molecule has 24 heavy (non-hydrogen) atoms. The molecule has 0 aliphatic carbocycles. The van der Waals surface area contributed by atoms with E-state index >= 15 is 0 Å². The second kappa shape index (κ2) is 8.28. The van der Waals surface area contributed by atoms with Gasteiger partial charge in [-0.1, -0.05) is 38.1 Å². The Morgan fingerprint density at radius 1 is 1.00 bits per heavy atom. The molecule has 5 heteroatoms. The lowest BCUT2D eigenvalue weighted by atomic mass is 10.0. The summed E-state index contributed by atoms with van der Waals surface area (Å²) in [5.41, 5.74) is 2.55. The molecular weight excluding hydrogens is 417 g/mol. The summed E-state index contributed by atoms with van der Waals surface area (Å²) < 4.78 is 1.16. The first-order valence-electron chi connectivity index (χ1n) is 7.76. The van der Waals surface area contributed by atoms with Crippen molar-refractivity contribution in [2.24, 2.45) is 5.92 Å². The van der Waals surface area contributed by atoms with Crippen molar-refractivity contribution in [3.63, 3.8) is 0 Å². The van der Waals surface area contributed by atoms with Crippen molar-refractivity contribution in [1.82, 2.24) is 5.32 Å². The van der Waals surface area contributed by atoms with Crippen LogP contribution in [0.3, 0.4) is 0 Å². The number of aliphatic carboxylic acids is 1. The van der Waals surface area contributed by atoms with Gasteiger partial charge in [0.15, 0.2) is 0 Å². The summed E-state index contributed by atoms with van der Waals surface area (Å²) in [6.07, 6.45) is 0.405. The minimum atomic E-state index is -1.01. The third kappa shape index (κ3) is 5.06. The highest BCUT2D eigenvalue weighted by molar-refractivity contribution is 14.1. The number of amides is 1. The standard InChI is InChI=1S/C19H20INO3/c1-12(2)11-17(19(23)24)21-18(22)15-5-3-13(4-6-15)14-7-9-16(20)10-8-14/h3-10,12,17H,11H2,1-2H3,(H,21,22)(H,23,24)/t17-/m0/s1. The zero-order valence-corrected chi connectivity index (χ0v) is 15.8. The monoisotopic (exact) mass is 437 g/mol. The molecule has 0 aromatic heterocycles. The molecule has 1 atom stereocenters. The van der Waals surface area contributed by atoms with Crippen LogP contribution < -0.4 is 5.32 Å². The predicted octanol–water partition coefficient (Wildman–Crippen LogP) is 4.19. The highest BCUT2D eigenvalue weighted by atomic mass is 127. The van der Waals surface area contributed by atoms with Crippen molar-refractivity contribution < 1.29 is 14.7 Å². The molecule has 0 unspecified atom stereocenters. The Morgan fingerprint density at radius 2 is 1.50 bits per heavy atom. The second-order valence-electron chi connectivity index (χ2n) is 6.08. The summed E-state index contributed by atoms with van der Waals surface area (Å²) >= 11 is 2.25. The molecule has 2 rings (SSSR count). The molecule has 2 aromatic carbocycles. The summed E-state index contributed by atoms with van der Waals surface area (Å²) in [5.74, 6) is -1.18. The van der Waals surface area contributed by atoms with Crippen LogP contribution in [-0.4, -0.2) is 23.0 Å². The SMILES string of the molecule is CC(C)C[C@H](NC(=O)c1ccc(-c2ccc(I)cc2)cc1)C(=O)O. The number of benzene rings is 2. The maximum Gasteiger partial charge on any atom is 0.326 e. The number of carbonyl (C=O) groups excluding carboxylic acids is 1. The lowest BCUT2D eigenvalue weighted by molar-refractivity contribution is -0.139. The number of halogens is 1. The number of hydrogen-bond donors (Lipinski definition) is 2. The van der Waals surface area contributed by atoms with Gasteiger partial charge in [-0.05, 0) is 70.3 Å². The minimum absolute atomic E-state index is 0.189. The maximum absolute atomic E-state index is 12.3. The van der Waals surface area contributed by atoms with E-state index in [4.69, 9.17) is 0 Å². The number of carbonyl (C=O) groups is 2. The lowest BCUT2D eigenvalue weighted by Crippen LogP contribution is -2.41. The Bertz CT molecular complexity index is 708. The second-order valence-corrected chi connectivity index (χ2v) is 7.32. The first-order chi connectivity index (χ1) is 11.4. The van der Waals surface area contributed by atoms with Gasteiger partial charge in [0.2, 0.25) is 0 Å². The van der Waals surface area contributed by atoms with Crippen LogP contribution in [0, 0.1) is 9.49 Å². The Kier molecular flexibility index (Phi) is 6.36. The van der Waals surface area contributed by atoms with Crippen LogP contribution in [0.25, 0.3) is 11.1 Å². The van der Waals surface area contributed by atoms with E-state index in [1.807, 2.05) is 50.2 Å². The molecule has 4 nitrogen and oxygen atoms in total. The van der Waals surface area contributed by atoms with Crippen molar-refractivity contribution in [3.8, 4) is 11.1 Å². The molecular formula is C19H20INO3. The van der Waals surface area contributed by atoms with E-state index in [9.17, 15) is 14.7 Å². The molecule has 126 valence electrons. The highest BCUT2D eigenvalue weighted by Crippen LogP contribution is 2.21. The fourth-order valence-electron chi connectivity index (χ4n) is 2.39. The molecule has 0 saturated carbocycles. The van der Waals surface area contributed by atoms with Crippen LogP contribution >= 0.6 is 22.6 Å². The molecule has 2 aromatic rings. The Balaban J connectivity index is 2.10. The Morgan fingerprint density at radius 3 is 1.96 bits per heavy atom. The summed E-state index contributed by atoms with van der Waals surface area (Å²) in [7, 11) is 0. The molecule has 0 spiro atoms. The van der Waals surface area contributed by atoms with Gasteiger partial charge in [-0.3, -0.25) is 4.79 Å². The maximum atomic E-state index is 12.3. The van der Waals surface area contributed by atoms with Gasteiger partial charge in [-0.2, -0.15) is 0 Å². The average molecular weight is 437 g/mol. The van der Waals surface area contributed by atoms with E-state index in [2.05, 4.69) is 27.9 Å². The topological polar surface area (TPSA) is 66.4 Å². The van der Waals surface area contributed by atoms with Crippen LogP contribution in [0.1, 0.15) is 30.6 Å². The number of rotatable bonds is 6. The summed E-state index contributed by atoms with van der Waals surface area (Å²) in [6.45, 7) is 3.86. The van der Waals surface area contributed by atoms with Crippen LogP contribution in [0.2, 0.25) is 0 Å².